The number of carbonyl (C=O) groups is 1. The summed E-state index contributed by atoms with van der Waals surface area (Å²) in [6.45, 7) is 1.45. The lowest BCUT2D eigenvalue weighted by Crippen LogP contribution is -2.51. The number of rotatable bonds is 5. The van der Waals surface area contributed by atoms with Crippen LogP contribution in [0.5, 0.6) is 5.75 Å². The van der Waals surface area contributed by atoms with Gasteiger partial charge in [-0.1, -0.05) is 30.3 Å². The van der Waals surface area contributed by atoms with Gasteiger partial charge in [0.1, 0.15) is 5.75 Å². The van der Waals surface area contributed by atoms with Crippen LogP contribution in [-0.4, -0.2) is 42.8 Å². The van der Waals surface area contributed by atoms with Crippen molar-refractivity contribution in [3.8, 4) is 5.75 Å². The van der Waals surface area contributed by atoms with Gasteiger partial charge in [0.2, 0.25) is 10.0 Å². The van der Waals surface area contributed by atoms with Crippen LogP contribution in [0.25, 0.3) is 0 Å². The van der Waals surface area contributed by atoms with Gasteiger partial charge in [0.05, 0.1) is 17.6 Å². The monoisotopic (exact) mass is 415 g/mol. The summed E-state index contributed by atoms with van der Waals surface area (Å²) in [6, 6.07) is 12.9. The molecule has 2 aliphatic heterocycles. The van der Waals surface area contributed by atoms with E-state index in [2.05, 4.69) is 0 Å². The highest BCUT2D eigenvalue weighted by atomic mass is 32.2. The van der Waals surface area contributed by atoms with Gasteiger partial charge >= 0.3 is 0 Å². The summed E-state index contributed by atoms with van der Waals surface area (Å²) >= 11 is 0. The second-order valence-electron chi connectivity index (χ2n) is 7.94. The summed E-state index contributed by atoms with van der Waals surface area (Å²) < 4.78 is 33.7. The SMILES string of the molecule is COc1ccccc1C1(O)C[C@H]2CC[C@@H](C1)N2S(=O)(=O)c1ccc(C(C)=O)cc1. The molecular formula is C22H25NO5S. The maximum absolute atomic E-state index is 13.3. The molecule has 4 rings (SSSR count). The van der Waals surface area contributed by atoms with Crippen molar-refractivity contribution in [2.75, 3.05) is 7.11 Å². The fraction of sp³-hybridized carbons (Fsp3) is 0.409. The first kappa shape index (κ1) is 20.1. The summed E-state index contributed by atoms with van der Waals surface area (Å²) in [5, 5.41) is 11.4. The molecule has 2 bridgehead atoms. The Morgan fingerprint density at radius 3 is 2.21 bits per heavy atom. The molecule has 0 amide bonds. The molecule has 1 unspecified atom stereocenters. The highest BCUT2D eigenvalue weighted by molar-refractivity contribution is 7.89. The number of fused-ring (bicyclic) bond motifs is 2. The summed E-state index contributed by atoms with van der Waals surface area (Å²) in [6.07, 6.45) is 2.09. The van der Waals surface area contributed by atoms with Gasteiger partial charge in [-0.05, 0) is 50.8 Å². The van der Waals surface area contributed by atoms with Crippen LogP contribution in [0.15, 0.2) is 53.4 Å². The van der Waals surface area contributed by atoms with Crippen LogP contribution in [0, 0.1) is 0 Å². The van der Waals surface area contributed by atoms with E-state index in [-0.39, 0.29) is 22.8 Å². The third kappa shape index (κ3) is 3.37. The molecule has 2 heterocycles. The minimum Gasteiger partial charge on any atom is -0.496 e. The summed E-state index contributed by atoms with van der Waals surface area (Å²) in [5.74, 6) is 0.513. The fourth-order valence-corrected chi connectivity index (χ4v) is 6.68. The molecule has 2 aromatic carbocycles. The summed E-state index contributed by atoms with van der Waals surface area (Å²) in [5.41, 5.74) is 0.0709. The fourth-order valence-electron chi connectivity index (χ4n) is 4.81. The van der Waals surface area contributed by atoms with Gasteiger partial charge in [-0.15, -0.1) is 0 Å². The van der Waals surface area contributed by atoms with E-state index in [1.165, 1.54) is 19.1 Å². The molecule has 0 saturated carbocycles. The van der Waals surface area contributed by atoms with Crippen molar-refractivity contribution in [2.45, 2.75) is 55.2 Å². The first-order valence-electron chi connectivity index (χ1n) is 9.77. The van der Waals surface area contributed by atoms with E-state index in [4.69, 9.17) is 4.74 Å². The predicted molar refractivity (Wildman–Crippen MR) is 108 cm³/mol. The number of piperidine rings is 1. The zero-order valence-corrected chi connectivity index (χ0v) is 17.4. The Hall–Kier alpha value is -2.22. The Bertz CT molecular complexity index is 1020. The molecular weight excluding hydrogens is 390 g/mol. The minimum atomic E-state index is -3.71. The van der Waals surface area contributed by atoms with Gasteiger partial charge in [-0.2, -0.15) is 4.31 Å². The van der Waals surface area contributed by atoms with Gasteiger partial charge in [-0.25, -0.2) is 8.42 Å². The largest absolute Gasteiger partial charge is 0.496 e. The number of para-hydroxylation sites is 1. The van der Waals surface area contributed by atoms with Gasteiger partial charge in [0, 0.05) is 23.2 Å². The van der Waals surface area contributed by atoms with Crippen molar-refractivity contribution in [1.29, 1.82) is 0 Å². The van der Waals surface area contributed by atoms with Crippen molar-refractivity contribution >= 4 is 15.8 Å². The number of ether oxygens (including phenoxy) is 1. The van der Waals surface area contributed by atoms with Crippen molar-refractivity contribution in [2.24, 2.45) is 0 Å². The zero-order valence-electron chi connectivity index (χ0n) is 16.5. The molecule has 3 atom stereocenters. The molecule has 2 aromatic rings. The maximum Gasteiger partial charge on any atom is 0.243 e. The predicted octanol–water partition coefficient (Wildman–Crippen LogP) is 3.10. The molecule has 0 radical (unpaired) electrons. The molecule has 2 saturated heterocycles. The number of sulfonamides is 1. The highest BCUT2D eigenvalue weighted by Gasteiger charge is 2.53. The lowest BCUT2D eigenvalue weighted by molar-refractivity contribution is -0.0355. The Morgan fingerprint density at radius 1 is 1.07 bits per heavy atom. The zero-order chi connectivity index (χ0) is 20.8. The van der Waals surface area contributed by atoms with Crippen LogP contribution in [0.3, 0.4) is 0 Å². The highest BCUT2D eigenvalue weighted by Crippen LogP contribution is 2.49. The molecule has 0 aliphatic carbocycles. The van der Waals surface area contributed by atoms with Crippen LogP contribution < -0.4 is 4.74 Å². The van der Waals surface area contributed by atoms with Crippen LogP contribution in [0.1, 0.15) is 48.5 Å². The van der Waals surface area contributed by atoms with E-state index in [1.54, 1.807) is 23.5 Å². The third-order valence-electron chi connectivity index (χ3n) is 6.14. The van der Waals surface area contributed by atoms with Gasteiger partial charge in [0.25, 0.3) is 0 Å². The number of hydrogen-bond acceptors (Lipinski definition) is 5. The first-order valence-corrected chi connectivity index (χ1v) is 11.2. The quantitative estimate of drug-likeness (QED) is 0.759. The van der Waals surface area contributed by atoms with E-state index in [0.29, 0.717) is 42.6 Å². The molecule has 1 N–H and O–H groups in total. The lowest BCUT2D eigenvalue weighted by atomic mass is 9.81. The number of carbonyl (C=O) groups excluding carboxylic acids is 1. The first-order chi connectivity index (χ1) is 13.8. The lowest BCUT2D eigenvalue weighted by Gasteiger charge is -2.43. The molecule has 7 heteroatoms. The molecule has 0 spiro atoms. The van der Waals surface area contributed by atoms with E-state index in [9.17, 15) is 18.3 Å². The maximum atomic E-state index is 13.3. The number of ketones is 1. The Labute approximate surface area is 171 Å². The molecule has 29 heavy (non-hydrogen) atoms. The van der Waals surface area contributed by atoms with Crippen molar-refractivity contribution < 1.29 is 23.1 Å². The number of benzene rings is 2. The average molecular weight is 416 g/mol. The van der Waals surface area contributed by atoms with Crippen molar-refractivity contribution in [3.05, 3.63) is 59.7 Å². The minimum absolute atomic E-state index is 0.103. The molecule has 154 valence electrons. The summed E-state index contributed by atoms with van der Waals surface area (Å²) in [4.78, 5) is 11.7. The summed E-state index contributed by atoms with van der Waals surface area (Å²) in [7, 11) is -2.14. The molecule has 2 fully saturated rings. The normalized spacial score (nSPS) is 27.0. The van der Waals surface area contributed by atoms with E-state index >= 15 is 0 Å². The number of hydrogen-bond donors (Lipinski definition) is 1. The van der Waals surface area contributed by atoms with Crippen LogP contribution in [-0.2, 0) is 15.6 Å². The topological polar surface area (TPSA) is 83.9 Å². The van der Waals surface area contributed by atoms with Gasteiger partial charge < -0.3 is 9.84 Å². The number of nitrogens with zero attached hydrogens (tertiary/aromatic N) is 1. The van der Waals surface area contributed by atoms with E-state index in [1.807, 2.05) is 24.3 Å². The smallest absolute Gasteiger partial charge is 0.243 e. The standard InChI is InChI=1S/C22H25NO5S/c1-15(24)16-7-11-19(12-8-16)29(26,27)23-17-9-10-18(23)14-22(25,13-17)20-5-3-4-6-21(20)28-2/h3-8,11-12,17-18,25H,9-10,13-14H2,1-2H3/t17-,18+,22?. The second kappa shape index (κ2) is 7.23. The Morgan fingerprint density at radius 2 is 1.66 bits per heavy atom. The van der Waals surface area contributed by atoms with Crippen molar-refractivity contribution in [1.82, 2.24) is 4.31 Å². The second-order valence-corrected chi connectivity index (χ2v) is 9.78. The van der Waals surface area contributed by atoms with Crippen LogP contribution in [0.2, 0.25) is 0 Å². The Balaban J connectivity index is 1.65. The van der Waals surface area contributed by atoms with Gasteiger partial charge in [0.15, 0.2) is 5.78 Å². The number of Topliss-reactive ketones (excluding diaryl/α,β-unsaturated/α-hetero) is 1. The third-order valence-corrected chi connectivity index (χ3v) is 8.16. The molecule has 6 nitrogen and oxygen atoms in total. The Kier molecular flexibility index (Phi) is 5.01. The number of aliphatic hydroxyl groups is 1. The van der Waals surface area contributed by atoms with Crippen molar-refractivity contribution in [3.63, 3.8) is 0 Å². The van der Waals surface area contributed by atoms with Gasteiger partial charge in [-0.3, -0.25) is 4.79 Å². The van der Waals surface area contributed by atoms with E-state index < -0.39 is 15.6 Å². The number of methoxy groups -OCH3 is 1. The molecule has 2 aliphatic rings. The van der Waals surface area contributed by atoms with Crippen LogP contribution in [0.4, 0.5) is 0 Å². The van der Waals surface area contributed by atoms with Crippen LogP contribution >= 0.6 is 0 Å². The van der Waals surface area contributed by atoms with E-state index in [0.717, 1.165) is 0 Å². The average Bonchev–Trinajstić information content (AvgIpc) is 3.01. The molecule has 0 aromatic heterocycles.